The number of aromatic hydroxyl groups is 1. The third-order valence-electron chi connectivity index (χ3n) is 10.2. The number of alkyl halides is 1. The van der Waals surface area contributed by atoms with Gasteiger partial charge in [-0.15, -0.1) is 0 Å². The van der Waals surface area contributed by atoms with Crippen LogP contribution < -0.4 is 19.7 Å². The second-order valence-corrected chi connectivity index (χ2v) is 12.8. The number of fused-ring (bicyclic) bond motifs is 7. The summed E-state index contributed by atoms with van der Waals surface area (Å²) < 4.78 is 42.4. The molecular formula is C32H32F2N6O3. The Bertz CT molecular complexity index is 1790. The fraction of sp³-hybridized carbons (Fsp3) is 0.469. The van der Waals surface area contributed by atoms with Gasteiger partial charge in [0.1, 0.15) is 42.2 Å². The molecule has 9 nitrogen and oxygen atoms in total. The molecule has 5 aliphatic rings. The van der Waals surface area contributed by atoms with E-state index in [2.05, 4.69) is 15.1 Å². The van der Waals surface area contributed by atoms with E-state index in [0.717, 1.165) is 44.6 Å². The molecular weight excluding hydrogens is 554 g/mol. The van der Waals surface area contributed by atoms with Crippen molar-refractivity contribution in [3.8, 4) is 28.9 Å². The number of nitrogens with one attached hydrogen (secondary N) is 1. The monoisotopic (exact) mass is 586 g/mol. The number of rotatable bonds is 4. The lowest BCUT2D eigenvalue weighted by molar-refractivity contribution is 0.107. The van der Waals surface area contributed by atoms with Crippen LogP contribution in [-0.2, 0) is 0 Å². The summed E-state index contributed by atoms with van der Waals surface area (Å²) in [4.78, 5) is 19.2. The largest absolute Gasteiger partial charge is 0.508 e. The Morgan fingerprint density at radius 3 is 2.98 bits per heavy atom. The van der Waals surface area contributed by atoms with Crippen molar-refractivity contribution in [3.05, 3.63) is 42.2 Å². The number of piperazine rings is 1. The van der Waals surface area contributed by atoms with E-state index < -0.39 is 12.0 Å². The second-order valence-electron chi connectivity index (χ2n) is 12.8. The zero-order valence-electron chi connectivity index (χ0n) is 23.6. The molecule has 5 atom stereocenters. The minimum absolute atomic E-state index is 0.0107. The van der Waals surface area contributed by atoms with Gasteiger partial charge >= 0.3 is 6.01 Å². The molecule has 4 saturated heterocycles. The minimum atomic E-state index is -0.853. The van der Waals surface area contributed by atoms with Gasteiger partial charge in [0.05, 0.1) is 22.8 Å². The molecule has 2 aromatic heterocycles. The molecule has 0 aliphatic carbocycles. The topological polar surface area (TPSA) is 95.9 Å². The third-order valence-corrected chi connectivity index (χ3v) is 10.2. The summed E-state index contributed by atoms with van der Waals surface area (Å²) in [7, 11) is 0. The number of anilines is 1. The number of aromatic nitrogens is 3. The number of pyridine rings is 1. The fourth-order valence-electron chi connectivity index (χ4n) is 8.31. The van der Waals surface area contributed by atoms with Gasteiger partial charge in [0, 0.05) is 42.5 Å². The van der Waals surface area contributed by atoms with Crippen molar-refractivity contribution in [3.63, 3.8) is 0 Å². The predicted octanol–water partition coefficient (Wildman–Crippen LogP) is 4.35. The summed E-state index contributed by atoms with van der Waals surface area (Å²) >= 11 is 0. The second kappa shape index (κ2) is 9.33. The fourth-order valence-corrected chi connectivity index (χ4v) is 8.31. The van der Waals surface area contributed by atoms with Crippen LogP contribution in [0.3, 0.4) is 0 Å². The van der Waals surface area contributed by atoms with Crippen LogP contribution in [0.2, 0.25) is 0 Å². The van der Waals surface area contributed by atoms with Gasteiger partial charge in [0.15, 0.2) is 0 Å². The molecule has 0 saturated carbocycles. The highest BCUT2D eigenvalue weighted by molar-refractivity contribution is 6.01. The van der Waals surface area contributed by atoms with Gasteiger partial charge in [-0.05, 0) is 61.9 Å². The van der Waals surface area contributed by atoms with Crippen LogP contribution in [-0.4, -0.2) is 87.6 Å². The Kier molecular flexibility index (Phi) is 5.57. The van der Waals surface area contributed by atoms with E-state index in [1.807, 2.05) is 0 Å². The molecule has 4 fully saturated rings. The maximum Gasteiger partial charge on any atom is 0.319 e. The molecule has 0 spiro atoms. The molecule has 222 valence electrons. The number of phenols is 1. The number of halogens is 2. The van der Waals surface area contributed by atoms with Crippen molar-refractivity contribution in [2.45, 2.75) is 61.9 Å². The molecule has 7 heterocycles. The average Bonchev–Trinajstić information content (AvgIpc) is 3.62. The van der Waals surface area contributed by atoms with Crippen molar-refractivity contribution in [2.75, 3.05) is 37.7 Å². The third kappa shape index (κ3) is 3.97. The molecule has 4 aromatic rings. The number of ether oxygens (including phenoxy) is 2. The molecule has 2 bridgehead atoms. The highest BCUT2D eigenvalue weighted by atomic mass is 19.1. The van der Waals surface area contributed by atoms with Gasteiger partial charge in [0.2, 0.25) is 5.88 Å². The number of hydrogen-bond acceptors (Lipinski definition) is 9. The standard InChI is InChI=1S/C32H32F2N6O3/c33-18-12-32(7-2-8-39(32)13-18)16-43-31-37-25-11-24(21-10-20(41)9-17-3-1-4-22(34)27(17)21)36-30-28(25)29(38-31)40-14-19-5-6-23(35-19)26(40)15-42-30/h1,3-4,9-11,18-19,23,26,35,41H,2,5-8,12-16H2/t18-,19-,23+,26+,32-/m0/s1. The minimum Gasteiger partial charge on any atom is -0.508 e. The van der Waals surface area contributed by atoms with Crippen molar-refractivity contribution in [1.29, 1.82) is 0 Å². The van der Waals surface area contributed by atoms with Gasteiger partial charge in [-0.1, -0.05) is 12.1 Å². The summed E-state index contributed by atoms with van der Waals surface area (Å²) in [6, 6.07) is 10.5. The van der Waals surface area contributed by atoms with Crippen molar-refractivity contribution in [1.82, 2.24) is 25.2 Å². The zero-order valence-corrected chi connectivity index (χ0v) is 23.6. The first kappa shape index (κ1) is 25.6. The van der Waals surface area contributed by atoms with Crippen molar-refractivity contribution in [2.24, 2.45) is 0 Å². The highest BCUT2D eigenvalue weighted by Gasteiger charge is 2.49. The van der Waals surface area contributed by atoms with Crippen molar-refractivity contribution < 1.29 is 23.4 Å². The summed E-state index contributed by atoms with van der Waals surface area (Å²) in [5, 5.41) is 15.9. The molecule has 9 rings (SSSR count). The van der Waals surface area contributed by atoms with E-state index in [1.54, 1.807) is 18.2 Å². The highest BCUT2D eigenvalue weighted by Crippen LogP contribution is 2.44. The van der Waals surface area contributed by atoms with Gasteiger partial charge in [-0.25, -0.2) is 13.8 Å². The Morgan fingerprint density at radius 1 is 1.12 bits per heavy atom. The summed E-state index contributed by atoms with van der Waals surface area (Å²) in [6.07, 6.45) is 3.67. The SMILES string of the molecule is Oc1cc(-c2cc3nc(OC[C@@]45CCCN4C[C@@H](F)C5)nc4c3c(n2)OC[C@@H]2[C@H]3CC[C@@H](CN42)N3)c2c(F)cccc2c1. The lowest BCUT2D eigenvalue weighted by Crippen LogP contribution is -2.60. The first-order chi connectivity index (χ1) is 20.9. The number of hydrogen-bond donors (Lipinski definition) is 2. The van der Waals surface area contributed by atoms with E-state index in [4.69, 9.17) is 24.4 Å². The summed E-state index contributed by atoms with van der Waals surface area (Å²) in [5.41, 5.74) is 1.11. The molecule has 2 aromatic carbocycles. The Morgan fingerprint density at radius 2 is 2.05 bits per heavy atom. The molecule has 11 heteroatoms. The maximum absolute atomic E-state index is 15.2. The Balaban J connectivity index is 1.20. The molecule has 43 heavy (non-hydrogen) atoms. The lowest BCUT2D eigenvalue weighted by Gasteiger charge is -2.40. The van der Waals surface area contributed by atoms with E-state index in [-0.39, 0.29) is 29.4 Å². The summed E-state index contributed by atoms with van der Waals surface area (Å²) in [5.74, 6) is 0.702. The molecule has 0 unspecified atom stereocenters. The molecule has 5 aliphatic heterocycles. The Hall–Kier alpha value is -3.83. The van der Waals surface area contributed by atoms with Crippen LogP contribution in [0.4, 0.5) is 14.6 Å². The molecule has 0 radical (unpaired) electrons. The van der Waals surface area contributed by atoms with E-state index in [9.17, 15) is 9.50 Å². The van der Waals surface area contributed by atoms with Crippen LogP contribution in [0.1, 0.15) is 32.1 Å². The zero-order chi connectivity index (χ0) is 28.9. The first-order valence-electron chi connectivity index (χ1n) is 15.3. The van der Waals surface area contributed by atoms with Gasteiger partial charge in [-0.3, -0.25) is 4.90 Å². The van der Waals surface area contributed by atoms with Crippen LogP contribution in [0.15, 0.2) is 36.4 Å². The normalized spacial score (nSPS) is 29.5. The average molecular weight is 587 g/mol. The lowest BCUT2D eigenvalue weighted by atomic mass is 9.95. The Labute approximate surface area is 246 Å². The first-order valence-corrected chi connectivity index (χ1v) is 15.3. The quantitative estimate of drug-likeness (QED) is 0.362. The van der Waals surface area contributed by atoms with Crippen LogP contribution >= 0.6 is 0 Å². The molecule has 0 amide bonds. The maximum atomic E-state index is 15.2. The van der Waals surface area contributed by atoms with E-state index in [1.165, 1.54) is 18.2 Å². The number of nitrogens with zero attached hydrogens (tertiary/aromatic N) is 5. The van der Waals surface area contributed by atoms with Crippen LogP contribution in [0.25, 0.3) is 32.9 Å². The van der Waals surface area contributed by atoms with Crippen LogP contribution in [0, 0.1) is 5.82 Å². The predicted molar refractivity (Wildman–Crippen MR) is 157 cm³/mol. The van der Waals surface area contributed by atoms with Crippen molar-refractivity contribution >= 4 is 27.5 Å². The summed E-state index contributed by atoms with van der Waals surface area (Å²) in [6.45, 7) is 2.83. The van der Waals surface area contributed by atoms with Crippen LogP contribution in [0.5, 0.6) is 17.6 Å². The molecule has 2 N–H and O–H groups in total. The number of benzene rings is 2. The van der Waals surface area contributed by atoms with E-state index >= 15 is 4.39 Å². The van der Waals surface area contributed by atoms with Gasteiger partial charge in [-0.2, -0.15) is 9.97 Å². The smallest absolute Gasteiger partial charge is 0.319 e. The number of phenolic OH excluding ortho intramolecular Hbond substituents is 1. The van der Waals surface area contributed by atoms with Gasteiger partial charge in [0.25, 0.3) is 0 Å². The van der Waals surface area contributed by atoms with E-state index in [0.29, 0.717) is 71.0 Å². The van der Waals surface area contributed by atoms with Gasteiger partial charge < -0.3 is 24.8 Å².